The fraction of sp³-hybridized carbons (Fsp3) is 0.263. The molecule has 0 radical (unpaired) electrons. The van der Waals surface area contributed by atoms with Crippen LogP contribution in [0.5, 0.6) is 0 Å². The Kier molecular flexibility index (Phi) is 7.56. The first kappa shape index (κ1) is 21.9. The van der Waals surface area contributed by atoms with Crippen LogP contribution in [0.1, 0.15) is 35.3 Å². The number of amides is 1. The van der Waals surface area contributed by atoms with Crippen molar-refractivity contribution < 1.29 is 22.7 Å². The van der Waals surface area contributed by atoms with Crippen molar-refractivity contribution in [1.82, 2.24) is 4.72 Å². The van der Waals surface area contributed by atoms with Crippen molar-refractivity contribution in [2.24, 2.45) is 0 Å². The van der Waals surface area contributed by atoms with Crippen LogP contribution >= 0.6 is 11.6 Å². The second kappa shape index (κ2) is 9.68. The monoisotopic (exact) mass is 424 g/mol. The van der Waals surface area contributed by atoms with E-state index in [1.54, 1.807) is 55.5 Å². The molecule has 7 nitrogen and oxygen atoms in total. The van der Waals surface area contributed by atoms with E-state index >= 15 is 0 Å². The summed E-state index contributed by atoms with van der Waals surface area (Å²) in [5.41, 5.74) is 1.47. The summed E-state index contributed by atoms with van der Waals surface area (Å²) in [7, 11) is -3.54. The van der Waals surface area contributed by atoms with Gasteiger partial charge >= 0.3 is 5.97 Å². The zero-order valence-electron chi connectivity index (χ0n) is 15.4. The highest BCUT2D eigenvalue weighted by Crippen LogP contribution is 2.21. The van der Waals surface area contributed by atoms with Crippen LogP contribution in [0.3, 0.4) is 0 Å². The molecule has 0 saturated heterocycles. The number of sulfonamides is 1. The summed E-state index contributed by atoms with van der Waals surface area (Å²) in [4.78, 5) is 24.1. The Hall–Kier alpha value is -2.42. The molecule has 0 heterocycles. The van der Waals surface area contributed by atoms with Crippen LogP contribution in [0, 0.1) is 0 Å². The summed E-state index contributed by atoms with van der Waals surface area (Å²) >= 11 is 5.87. The molecule has 28 heavy (non-hydrogen) atoms. The molecule has 150 valence electrons. The number of ether oxygens (including phenoxy) is 1. The van der Waals surface area contributed by atoms with Crippen LogP contribution in [0.15, 0.2) is 48.5 Å². The molecule has 1 amide bonds. The lowest BCUT2D eigenvalue weighted by atomic mass is 10.0. The van der Waals surface area contributed by atoms with E-state index < -0.39 is 22.0 Å². The van der Waals surface area contributed by atoms with Gasteiger partial charge in [0.25, 0.3) is 0 Å². The summed E-state index contributed by atoms with van der Waals surface area (Å²) in [6.45, 7) is 1.99. The predicted molar refractivity (Wildman–Crippen MR) is 108 cm³/mol. The van der Waals surface area contributed by atoms with Gasteiger partial charge < -0.3 is 10.1 Å². The lowest BCUT2D eigenvalue weighted by Crippen LogP contribution is -2.30. The van der Waals surface area contributed by atoms with Gasteiger partial charge in [-0.15, -0.1) is 0 Å². The number of halogens is 1. The van der Waals surface area contributed by atoms with E-state index in [-0.39, 0.29) is 18.9 Å². The van der Waals surface area contributed by atoms with Gasteiger partial charge in [0.1, 0.15) is 0 Å². The van der Waals surface area contributed by atoms with E-state index in [0.717, 1.165) is 6.26 Å². The average Bonchev–Trinajstić information content (AvgIpc) is 2.61. The maximum atomic E-state index is 12.4. The van der Waals surface area contributed by atoms with Crippen molar-refractivity contribution in [3.8, 4) is 0 Å². The molecule has 2 N–H and O–H groups in total. The molecule has 2 rings (SSSR count). The maximum absolute atomic E-state index is 12.4. The molecule has 0 fully saturated rings. The Balaban J connectivity index is 2.08. The summed E-state index contributed by atoms with van der Waals surface area (Å²) in [5.74, 6) is -0.833. The fourth-order valence-corrected chi connectivity index (χ4v) is 3.34. The molecule has 0 aromatic heterocycles. The van der Waals surface area contributed by atoms with Gasteiger partial charge in [0.15, 0.2) is 0 Å². The predicted octanol–water partition coefficient (Wildman–Crippen LogP) is 3.14. The van der Waals surface area contributed by atoms with E-state index in [0.29, 0.717) is 21.8 Å². The van der Waals surface area contributed by atoms with Gasteiger partial charge in [0, 0.05) is 17.1 Å². The quantitative estimate of drug-likeness (QED) is 0.634. The van der Waals surface area contributed by atoms with E-state index in [2.05, 4.69) is 10.0 Å². The molecule has 1 atom stereocenters. The molecule has 0 aliphatic carbocycles. The van der Waals surface area contributed by atoms with Crippen molar-refractivity contribution in [2.75, 3.05) is 18.2 Å². The number of rotatable bonds is 8. The second-order valence-electron chi connectivity index (χ2n) is 6.04. The lowest BCUT2D eigenvalue weighted by Gasteiger charge is -2.18. The minimum Gasteiger partial charge on any atom is -0.462 e. The third kappa shape index (κ3) is 6.95. The van der Waals surface area contributed by atoms with E-state index in [1.165, 1.54) is 0 Å². The lowest BCUT2D eigenvalue weighted by molar-refractivity contribution is -0.116. The molecule has 0 aliphatic rings. The normalized spacial score (nSPS) is 12.2. The third-order valence-electron chi connectivity index (χ3n) is 3.70. The molecule has 9 heteroatoms. The summed E-state index contributed by atoms with van der Waals surface area (Å²) in [5, 5.41) is 3.19. The maximum Gasteiger partial charge on any atom is 0.338 e. The Morgan fingerprint density at radius 3 is 2.21 bits per heavy atom. The smallest absolute Gasteiger partial charge is 0.338 e. The molecule has 0 aliphatic heterocycles. The van der Waals surface area contributed by atoms with Crippen LogP contribution in [0.25, 0.3) is 0 Å². The van der Waals surface area contributed by atoms with Crippen LogP contribution in [-0.4, -0.2) is 33.2 Å². The van der Waals surface area contributed by atoms with Gasteiger partial charge in [-0.25, -0.2) is 17.9 Å². The van der Waals surface area contributed by atoms with Crippen molar-refractivity contribution in [3.63, 3.8) is 0 Å². The minimum absolute atomic E-state index is 0.117. The first-order chi connectivity index (χ1) is 13.2. The zero-order chi connectivity index (χ0) is 20.7. The number of hydrogen-bond donors (Lipinski definition) is 2. The van der Waals surface area contributed by atoms with Crippen LogP contribution in [0.2, 0.25) is 5.02 Å². The highest BCUT2D eigenvalue weighted by atomic mass is 35.5. The van der Waals surface area contributed by atoms with Gasteiger partial charge in [-0.2, -0.15) is 0 Å². The van der Waals surface area contributed by atoms with Crippen molar-refractivity contribution in [2.45, 2.75) is 19.4 Å². The number of anilines is 1. The summed E-state index contributed by atoms with van der Waals surface area (Å²) in [6.07, 6.45) is 0.913. The second-order valence-corrected chi connectivity index (χ2v) is 8.26. The van der Waals surface area contributed by atoms with Crippen LogP contribution < -0.4 is 10.0 Å². The molecule has 0 saturated carbocycles. The SMILES string of the molecule is CCOC(=O)c1ccc(NC(=O)C[C@H](NS(C)(=O)=O)c2ccc(Cl)cc2)cc1. The molecule has 0 spiro atoms. The Morgan fingerprint density at radius 1 is 1.07 bits per heavy atom. The number of hydrogen-bond acceptors (Lipinski definition) is 5. The minimum atomic E-state index is -3.54. The number of benzene rings is 2. The molecule has 2 aromatic rings. The zero-order valence-corrected chi connectivity index (χ0v) is 17.0. The van der Waals surface area contributed by atoms with E-state index in [4.69, 9.17) is 16.3 Å². The number of carbonyl (C=O) groups is 2. The van der Waals surface area contributed by atoms with E-state index in [1.807, 2.05) is 0 Å². The first-order valence-corrected chi connectivity index (χ1v) is 10.7. The van der Waals surface area contributed by atoms with Crippen LogP contribution in [-0.2, 0) is 19.6 Å². The van der Waals surface area contributed by atoms with Gasteiger partial charge in [0.2, 0.25) is 15.9 Å². The van der Waals surface area contributed by atoms with E-state index in [9.17, 15) is 18.0 Å². The van der Waals surface area contributed by atoms with Gasteiger partial charge in [-0.3, -0.25) is 4.79 Å². The Morgan fingerprint density at radius 2 is 1.68 bits per heavy atom. The average molecular weight is 425 g/mol. The largest absolute Gasteiger partial charge is 0.462 e. The van der Waals surface area contributed by atoms with Gasteiger partial charge in [0.05, 0.1) is 24.5 Å². The van der Waals surface area contributed by atoms with Crippen molar-refractivity contribution in [1.29, 1.82) is 0 Å². The number of carbonyl (C=O) groups excluding carboxylic acids is 2. The number of esters is 1. The Labute approximate surface area is 169 Å². The standard InChI is InChI=1S/C19H21ClN2O5S/c1-3-27-19(24)14-6-10-16(11-7-14)21-18(23)12-17(22-28(2,25)26)13-4-8-15(20)9-5-13/h4-11,17,22H,3,12H2,1-2H3,(H,21,23)/t17-/m0/s1. The summed E-state index contributed by atoms with van der Waals surface area (Å²) in [6, 6.07) is 12.1. The molecule has 0 unspecified atom stereocenters. The highest BCUT2D eigenvalue weighted by molar-refractivity contribution is 7.88. The Bertz CT molecular complexity index is 928. The molecular formula is C19H21ClN2O5S. The fourth-order valence-electron chi connectivity index (χ4n) is 2.48. The highest BCUT2D eigenvalue weighted by Gasteiger charge is 2.20. The summed E-state index contributed by atoms with van der Waals surface area (Å²) < 4.78 is 30.7. The van der Waals surface area contributed by atoms with Crippen molar-refractivity contribution >= 4 is 39.2 Å². The first-order valence-electron chi connectivity index (χ1n) is 8.47. The van der Waals surface area contributed by atoms with Gasteiger partial charge in [-0.1, -0.05) is 23.7 Å². The molecule has 0 bridgehead atoms. The molecular weight excluding hydrogens is 404 g/mol. The van der Waals surface area contributed by atoms with Gasteiger partial charge in [-0.05, 0) is 48.9 Å². The van der Waals surface area contributed by atoms with Crippen molar-refractivity contribution in [3.05, 3.63) is 64.7 Å². The topological polar surface area (TPSA) is 102 Å². The van der Waals surface area contributed by atoms with Crippen LogP contribution in [0.4, 0.5) is 5.69 Å². The number of nitrogens with one attached hydrogen (secondary N) is 2. The third-order valence-corrected chi connectivity index (χ3v) is 4.66. The molecule has 2 aromatic carbocycles.